The van der Waals surface area contributed by atoms with Crippen molar-refractivity contribution in [2.24, 2.45) is 0 Å². The Kier molecular flexibility index (Phi) is 3.83. The van der Waals surface area contributed by atoms with Crippen molar-refractivity contribution in [1.82, 2.24) is 9.97 Å². The molecule has 0 saturated heterocycles. The number of anilines is 2. The lowest BCUT2D eigenvalue weighted by molar-refractivity contribution is 0.0614. The van der Waals surface area contributed by atoms with Crippen molar-refractivity contribution in [2.75, 3.05) is 24.2 Å². The molecule has 17 heavy (non-hydrogen) atoms. The second-order valence-corrected chi connectivity index (χ2v) is 5.21. The minimum Gasteiger partial charge on any atom is -0.388 e. The molecule has 0 radical (unpaired) electrons. The van der Waals surface area contributed by atoms with Gasteiger partial charge in [0, 0.05) is 13.6 Å². The highest BCUT2D eigenvalue weighted by molar-refractivity contribution is 9.10. The van der Waals surface area contributed by atoms with Crippen LogP contribution in [-0.4, -0.2) is 34.3 Å². The molecule has 0 aromatic carbocycles. The largest absolute Gasteiger partial charge is 0.388 e. The molecule has 0 atom stereocenters. The zero-order valence-corrected chi connectivity index (χ0v) is 11.4. The van der Waals surface area contributed by atoms with Gasteiger partial charge in [-0.3, -0.25) is 0 Å². The maximum atomic E-state index is 10.2. The number of aromatic nitrogens is 2. The molecule has 5 nitrogen and oxygen atoms in total. The van der Waals surface area contributed by atoms with Crippen LogP contribution in [0.3, 0.4) is 0 Å². The molecule has 1 heterocycles. The molecule has 1 aliphatic carbocycles. The third-order valence-corrected chi connectivity index (χ3v) is 3.90. The Labute approximate surface area is 109 Å². The van der Waals surface area contributed by atoms with E-state index >= 15 is 0 Å². The van der Waals surface area contributed by atoms with E-state index in [1.165, 1.54) is 6.33 Å². The monoisotopic (exact) mass is 300 g/mol. The molecular weight excluding hydrogens is 284 g/mol. The molecule has 3 N–H and O–H groups in total. The van der Waals surface area contributed by atoms with Gasteiger partial charge in [-0.2, -0.15) is 0 Å². The smallest absolute Gasteiger partial charge is 0.146 e. The maximum Gasteiger partial charge on any atom is 0.146 e. The fourth-order valence-corrected chi connectivity index (χ4v) is 2.67. The summed E-state index contributed by atoms with van der Waals surface area (Å²) < 4.78 is 0.795. The van der Waals surface area contributed by atoms with Gasteiger partial charge in [-0.25, -0.2) is 9.97 Å². The highest BCUT2D eigenvalue weighted by Crippen LogP contribution is 2.31. The molecule has 1 saturated carbocycles. The number of rotatable bonds is 4. The van der Waals surface area contributed by atoms with Crippen LogP contribution in [0.4, 0.5) is 11.6 Å². The van der Waals surface area contributed by atoms with Crippen molar-refractivity contribution >= 4 is 27.6 Å². The van der Waals surface area contributed by atoms with E-state index in [1.807, 2.05) is 0 Å². The first-order chi connectivity index (χ1) is 8.14. The van der Waals surface area contributed by atoms with Gasteiger partial charge in [0.15, 0.2) is 0 Å². The molecular formula is C11H17BrN4O. The van der Waals surface area contributed by atoms with Gasteiger partial charge < -0.3 is 15.7 Å². The van der Waals surface area contributed by atoms with Gasteiger partial charge in [0.1, 0.15) is 22.4 Å². The lowest BCUT2D eigenvalue weighted by Crippen LogP contribution is -2.33. The number of aliphatic hydroxyl groups is 1. The van der Waals surface area contributed by atoms with E-state index in [-0.39, 0.29) is 0 Å². The van der Waals surface area contributed by atoms with E-state index in [0.29, 0.717) is 12.4 Å². The van der Waals surface area contributed by atoms with Crippen molar-refractivity contribution in [2.45, 2.75) is 31.3 Å². The molecule has 0 amide bonds. The van der Waals surface area contributed by atoms with Gasteiger partial charge in [0.2, 0.25) is 0 Å². The summed E-state index contributed by atoms with van der Waals surface area (Å²) in [4.78, 5) is 8.24. The SMILES string of the molecule is CNc1ncnc(NCC2(O)CCCC2)c1Br. The Bertz CT molecular complexity index is 393. The summed E-state index contributed by atoms with van der Waals surface area (Å²) in [6, 6.07) is 0. The summed E-state index contributed by atoms with van der Waals surface area (Å²) >= 11 is 3.44. The summed E-state index contributed by atoms with van der Waals surface area (Å²) in [5, 5.41) is 16.4. The topological polar surface area (TPSA) is 70.1 Å². The molecule has 0 spiro atoms. The van der Waals surface area contributed by atoms with Gasteiger partial charge in [-0.1, -0.05) is 12.8 Å². The Hall–Kier alpha value is -0.880. The van der Waals surface area contributed by atoms with E-state index in [4.69, 9.17) is 0 Å². The quantitative estimate of drug-likeness (QED) is 0.793. The van der Waals surface area contributed by atoms with Crippen LogP contribution in [0.25, 0.3) is 0 Å². The first-order valence-electron chi connectivity index (χ1n) is 5.79. The summed E-state index contributed by atoms with van der Waals surface area (Å²) in [5.74, 6) is 1.45. The molecule has 1 aromatic rings. The number of hydrogen-bond acceptors (Lipinski definition) is 5. The number of halogens is 1. The fourth-order valence-electron chi connectivity index (χ4n) is 2.13. The normalized spacial score (nSPS) is 18.1. The van der Waals surface area contributed by atoms with Crippen LogP contribution in [0, 0.1) is 0 Å². The summed E-state index contributed by atoms with van der Waals surface area (Å²) in [7, 11) is 1.81. The Balaban J connectivity index is 2.03. The van der Waals surface area contributed by atoms with Crippen LogP contribution >= 0.6 is 15.9 Å². The first-order valence-corrected chi connectivity index (χ1v) is 6.58. The van der Waals surface area contributed by atoms with Gasteiger partial charge in [0.25, 0.3) is 0 Å². The van der Waals surface area contributed by atoms with E-state index in [0.717, 1.165) is 36.0 Å². The Morgan fingerprint density at radius 3 is 2.65 bits per heavy atom. The maximum absolute atomic E-state index is 10.2. The zero-order chi connectivity index (χ0) is 12.3. The zero-order valence-electron chi connectivity index (χ0n) is 9.83. The predicted molar refractivity (Wildman–Crippen MR) is 71.2 cm³/mol. The summed E-state index contributed by atoms with van der Waals surface area (Å²) in [6.45, 7) is 0.533. The summed E-state index contributed by atoms with van der Waals surface area (Å²) in [5.41, 5.74) is -0.579. The standard InChI is InChI=1S/C11H17BrN4O/c1-13-9-8(12)10(16-7-15-9)14-6-11(17)4-2-3-5-11/h7,17H,2-6H2,1H3,(H2,13,14,15,16). The van der Waals surface area contributed by atoms with Crippen molar-refractivity contribution in [3.05, 3.63) is 10.8 Å². The van der Waals surface area contributed by atoms with Crippen LogP contribution in [0.1, 0.15) is 25.7 Å². The highest BCUT2D eigenvalue weighted by atomic mass is 79.9. The van der Waals surface area contributed by atoms with Crippen LogP contribution in [0.15, 0.2) is 10.8 Å². The average molecular weight is 301 g/mol. The fraction of sp³-hybridized carbons (Fsp3) is 0.636. The molecule has 1 fully saturated rings. The van der Waals surface area contributed by atoms with Crippen LogP contribution in [-0.2, 0) is 0 Å². The molecule has 2 rings (SSSR count). The first kappa shape index (κ1) is 12.6. The molecule has 0 aliphatic heterocycles. The number of nitrogens with zero attached hydrogens (tertiary/aromatic N) is 2. The third-order valence-electron chi connectivity index (χ3n) is 3.15. The second kappa shape index (κ2) is 5.18. The van der Waals surface area contributed by atoms with Gasteiger partial charge in [0.05, 0.1) is 5.60 Å². The summed E-state index contributed by atoms with van der Waals surface area (Å²) in [6.07, 6.45) is 5.43. The second-order valence-electron chi connectivity index (χ2n) is 4.42. The van der Waals surface area contributed by atoms with E-state index in [2.05, 4.69) is 36.5 Å². The van der Waals surface area contributed by atoms with E-state index in [9.17, 15) is 5.11 Å². The van der Waals surface area contributed by atoms with Crippen molar-refractivity contribution < 1.29 is 5.11 Å². The highest BCUT2D eigenvalue weighted by Gasteiger charge is 2.31. The minimum atomic E-state index is -0.579. The Morgan fingerprint density at radius 2 is 2.00 bits per heavy atom. The van der Waals surface area contributed by atoms with E-state index in [1.54, 1.807) is 7.05 Å². The van der Waals surface area contributed by atoms with Gasteiger partial charge in [-0.15, -0.1) is 0 Å². The van der Waals surface area contributed by atoms with Crippen molar-refractivity contribution in [1.29, 1.82) is 0 Å². The van der Waals surface area contributed by atoms with Crippen LogP contribution < -0.4 is 10.6 Å². The van der Waals surface area contributed by atoms with Gasteiger partial charge in [-0.05, 0) is 28.8 Å². The number of nitrogens with one attached hydrogen (secondary N) is 2. The number of hydrogen-bond donors (Lipinski definition) is 3. The molecule has 6 heteroatoms. The Morgan fingerprint density at radius 1 is 1.35 bits per heavy atom. The minimum absolute atomic E-state index is 0.533. The van der Waals surface area contributed by atoms with Crippen molar-refractivity contribution in [3.63, 3.8) is 0 Å². The molecule has 94 valence electrons. The predicted octanol–water partition coefficient (Wildman–Crippen LogP) is 2.00. The molecule has 0 unspecified atom stereocenters. The average Bonchev–Trinajstić information content (AvgIpc) is 2.75. The molecule has 0 bridgehead atoms. The third kappa shape index (κ3) is 2.87. The molecule has 1 aliphatic rings. The lowest BCUT2D eigenvalue weighted by atomic mass is 10.0. The van der Waals surface area contributed by atoms with Crippen molar-refractivity contribution in [3.8, 4) is 0 Å². The van der Waals surface area contributed by atoms with E-state index < -0.39 is 5.60 Å². The van der Waals surface area contributed by atoms with Gasteiger partial charge >= 0.3 is 0 Å². The molecule has 1 aromatic heterocycles. The lowest BCUT2D eigenvalue weighted by Gasteiger charge is -2.23. The van der Waals surface area contributed by atoms with Crippen LogP contribution in [0.2, 0.25) is 0 Å². The van der Waals surface area contributed by atoms with Crippen LogP contribution in [0.5, 0.6) is 0 Å².